The highest BCUT2D eigenvalue weighted by Gasteiger charge is 2.32. The van der Waals surface area contributed by atoms with Crippen molar-refractivity contribution >= 4 is 33.2 Å². The number of anilines is 1. The van der Waals surface area contributed by atoms with Crippen molar-refractivity contribution in [2.45, 2.75) is 43.7 Å². The van der Waals surface area contributed by atoms with Gasteiger partial charge in [-0.2, -0.15) is 5.26 Å². The molecule has 0 aliphatic carbocycles. The molecule has 3 rings (SSSR count). The Kier molecular flexibility index (Phi) is 6.63. The smallest absolute Gasteiger partial charge is 0.253 e. The molecule has 0 spiro atoms. The molecule has 0 aromatic heterocycles. The van der Waals surface area contributed by atoms with E-state index in [1.54, 1.807) is 30.0 Å². The van der Waals surface area contributed by atoms with E-state index < -0.39 is 14.2 Å². The normalized spacial score (nSPS) is 15.4. The second-order valence-corrected chi connectivity index (χ2v) is 11.7. The molecule has 0 saturated carbocycles. The number of rotatable bonds is 5. The van der Waals surface area contributed by atoms with Crippen LogP contribution in [0.4, 0.5) is 5.69 Å². The van der Waals surface area contributed by atoms with Crippen LogP contribution in [0.15, 0.2) is 42.5 Å². The minimum absolute atomic E-state index is 0.121. The number of benzene rings is 2. The average molecular weight is 460 g/mol. The van der Waals surface area contributed by atoms with E-state index in [1.807, 2.05) is 24.3 Å². The standard InChI is InChI=1S/C23H26ClN3O3S/c1-16-4-7-20(14-21(16)26-31(29,30)23(2,3)24)22(28)27-12-10-19(11-13-27)18-8-5-17(15-25)6-9-18/h4-9,14,19,26H,10-13H2,1-3H3. The summed E-state index contributed by atoms with van der Waals surface area (Å²) in [6.45, 7) is 5.81. The molecule has 1 aliphatic heterocycles. The first-order valence-electron chi connectivity index (χ1n) is 10.1. The zero-order valence-electron chi connectivity index (χ0n) is 17.9. The highest BCUT2D eigenvalue weighted by atomic mass is 35.5. The summed E-state index contributed by atoms with van der Waals surface area (Å²) in [6.07, 6.45) is 1.67. The summed E-state index contributed by atoms with van der Waals surface area (Å²) in [6, 6.07) is 14.8. The Bertz CT molecular complexity index is 1110. The monoisotopic (exact) mass is 459 g/mol. The number of carbonyl (C=O) groups excluding carboxylic acids is 1. The van der Waals surface area contributed by atoms with Gasteiger partial charge in [0.1, 0.15) is 0 Å². The van der Waals surface area contributed by atoms with Gasteiger partial charge < -0.3 is 4.90 Å². The Labute approximate surface area is 188 Å². The molecule has 1 aliphatic rings. The molecule has 6 nitrogen and oxygen atoms in total. The summed E-state index contributed by atoms with van der Waals surface area (Å²) < 4.78 is 25.9. The van der Waals surface area contributed by atoms with Crippen molar-refractivity contribution in [3.8, 4) is 6.07 Å². The van der Waals surface area contributed by atoms with Crippen molar-refractivity contribution < 1.29 is 13.2 Å². The molecule has 1 heterocycles. The first-order chi connectivity index (χ1) is 14.5. The Morgan fingerprint density at radius 3 is 2.32 bits per heavy atom. The van der Waals surface area contributed by atoms with E-state index in [4.69, 9.17) is 16.9 Å². The summed E-state index contributed by atoms with van der Waals surface area (Å²) in [5, 5.41) is 8.94. The molecule has 8 heteroatoms. The van der Waals surface area contributed by atoms with Gasteiger partial charge in [-0.15, -0.1) is 11.6 Å². The number of nitrogens with one attached hydrogen (secondary N) is 1. The van der Waals surface area contributed by atoms with Crippen molar-refractivity contribution in [1.29, 1.82) is 5.26 Å². The van der Waals surface area contributed by atoms with Crippen LogP contribution in [0.5, 0.6) is 0 Å². The van der Waals surface area contributed by atoms with Crippen LogP contribution in [0.1, 0.15) is 59.7 Å². The second-order valence-electron chi connectivity index (χ2n) is 8.30. The van der Waals surface area contributed by atoms with Crippen LogP contribution >= 0.6 is 11.6 Å². The van der Waals surface area contributed by atoms with E-state index in [-0.39, 0.29) is 5.91 Å². The van der Waals surface area contributed by atoms with Crippen LogP contribution in [0.2, 0.25) is 0 Å². The maximum absolute atomic E-state index is 13.0. The van der Waals surface area contributed by atoms with E-state index in [0.717, 1.165) is 12.8 Å². The number of alkyl halides is 1. The number of hydrogen-bond acceptors (Lipinski definition) is 4. The fourth-order valence-corrected chi connectivity index (χ4v) is 4.43. The van der Waals surface area contributed by atoms with E-state index in [0.29, 0.717) is 41.4 Å². The van der Waals surface area contributed by atoms with Gasteiger partial charge in [0.15, 0.2) is 4.21 Å². The molecule has 1 saturated heterocycles. The fourth-order valence-electron chi connectivity index (χ4n) is 3.56. The number of nitrogens with zero attached hydrogens (tertiary/aromatic N) is 2. The molecule has 1 fully saturated rings. The molecule has 164 valence electrons. The number of amides is 1. The maximum atomic E-state index is 13.0. The van der Waals surface area contributed by atoms with Crippen LogP contribution in [-0.4, -0.2) is 36.5 Å². The van der Waals surface area contributed by atoms with Gasteiger partial charge in [-0.05, 0) is 74.9 Å². The lowest BCUT2D eigenvalue weighted by atomic mass is 9.89. The largest absolute Gasteiger partial charge is 0.339 e. The van der Waals surface area contributed by atoms with Crippen LogP contribution in [-0.2, 0) is 10.0 Å². The van der Waals surface area contributed by atoms with Crippen LogP contribution in [0.25, 0.3) is 0 Å². The molecule has 0 bridgehead atoms. The number of likely N-dealkylation sites (tertiary alicyclic amines) is 1. The van der Waals surface area contributed by atoms with Crippen molar-refractivity contribution in [3.05, 3.63) is 64.7 Å². The molecule has 2 aromatic carbocycles. The number of aryl methyl sites for hydroxylation is 1. The van der Waals surface area contributed by atoms with Crippen LogP contribution < -0.4 is 4.72 Å². The Morgan fingerprint density at radius 2 is 1.77 bits per heavy atom. The number of piperidine rings is 1. The molecular formula is C23H26ClN3O3S. The average Bonchev–Trinajstić information content (AvgIpc) is 2.74. The van der Waals surface area contributed by atoms with Gasteiger partial charge >= 0.3 is 0 Å². The summed E-state index contributed by atoms with van der Waals surface area (Å²) in [7, 11) is -3.81. The molecule has 1 N–H and O–H groups in total. The van der Waals surface area contributed by atoms with Gasteiger partial charge in [0.2, 0.25) is 0 Å². The predicted molar refractivity (Wildman–Crippen MR) is 123 cm³/mol. The van der Waals surface area contributed by atoms with Crippen molar-refractivity contribution in [3.63, 3.8) is 0 Å². The van der Waals surface area contributed by atoms with Crippen molar-refractivity contribution in [2.75, 3.05) is 17.8 Å². The minimum atomic E-state index is -3.81. The van der Waals surface area contributed by atoms with Crippen LogP contribution in [0.3, 0.4) is 0 Å². The number of sulfonamides is 1. The summed E-state index contributed by atoms with van der Waals surface area (Å²) >= 11 is 5.99. The summed E-state index contributed by atoms with van der Waals surface area (Å²) in [5.41, 5.74) is 3.32. The Morgan fingerprint density at radius 1 is 1.16 bits per heavy atom. The molecule has 0 atom stereocenters. The first-order valence-corrected chi connectivity index (χ1v) is 12.0. The zero-order chi connectivity index (χ0) is 22.8. The summed E-state index contributed by atoms with van der Waals surface area (Å²) in [4.78, 5) is 14.8. The number of nitriles is 1. The van der Waals surface area contributed by atoms with Crippen molar-refractivity contribution in [2.24, 2.45) is 0 Å². The molecule has 0 radical (unpaired) electrons. The van der Waals surface area contributed by atoms with Gasteiger partial charge in [-0.3, -0.25) is 9.52 Å². The molecule has 31 heavy (non-hydrogen) atoms. The van der Waals surface area contributed by atoms with E-state index in [1.165, 1.54) is 19.4 Å². The SMILES string of the molecule is Cc1ccc(C(=O)N2CCC(c3ccc(C#N)cc3)CC2)cc1NS(=O)(=O)C(C)(C)Cl. The zero-order valence-corrected chi connectivity index (χ0v) is 19.4. The highest BCUT2D eigenvalue weighted by molar-refractivity contribution is 7.95. The fraction of sp³-hybridized carbons (Fsp3) is 0.391. The van der Waals surface area contributed by atoms with Gasteiger partial charge in [-0.25, -0.2) is 8.42 Å². The predicted octanol–water partition coefficient (Wildman–Crippen LogP) is 4.60. The van der Waals surface area contributed by atoms with E-state index >= 15 is 0 Å². The number of carbonyl (C=O) groups is 1. The third-order valence-corrected chi connectivity index (χ3v) is 8.04. The van der Waals surface area contributed by atoms with Gasteiger partial charge in [0.05, 0.1) is 17.3 Å². The number of hydrogen-bond donors (Lipinski definition) is 1. The summed E-state index contributed by atoms with van der Waals surface area (Å²) in [5.74, 6) is 0.229. The van der Waals surface area contributed by atoms with Crippen LogP contribution in [0, 0.1) is 18.3 Å². The Balaban J connectivity index is 1.70. The van der Waals surface area contributed by atoms with E-state index in [9.17, 15) is 13.2 Å². The quantitative estimate of drug-likeness (QED) is 0.661. The molecule has 1 amide bonds. The lowest BCUT2D eigenvalue weighted by molar-refractivity contribution is 0.0713. The van der Waals surface area contributed by atoms with Gasteiger partial charge in [0, 0.05) is 18.7 Å². The molecule has 2 aromatic rings. The Hall–Kier alpha value is -2.56. The molecular weight excluding hydrogens is 434 g/mol. The lowest BCUT2D eigenvalue weighted by Gasteiger charge is -2.32. The second kappa shape index (κ2) is 8.89. The number of halogens is 1. The topological polar surface area (TPSA) is 90.3 Å². The van der Waals surface area contributed by atoms with Crippen molar-refractivity contribution in [1.82, 2.24) is 4.90 Å². The maximum Gasteiger partial charge on any atom is 0.253 e. The third kappa shape index (κ3) is 5.20. The first kappa shape index (κ1) is 23.1. The highest BCUT2D eigenvalue weighted by Crippen LogP contribution is 2.30. The minimum Gasteiger partial charge on any atom is -0.339 e. The molecule has 0 unspecified atom stereocenters. The van der Waals surface area contributed by atoms with Gasteiger partial charge in [0.25, 0.3) is 15.9 Å². The van der Waals surface area contributed by atoms with Gasteiger partial charge in [-0.1, -0.05) is 18.2 Å². The lowest BCUT2D eigenvalue weighted by Crippen LogP contribution is -2.38. The third-order valence-electron chi connectivity index (χ3n) is 5.66. The van der Waals surface area contributed by atoms with E-state index in [2.05, 4.69) is 10.8 Å².